The van der Waals surface area contributed by atoms with E-state index in [4.69, 9.17) is 40.0 Å². The molecule has 3 fully saturated rings. The number of allylic oxidation sites excluding steroid dienone is 3. The largest absolute Gasteiger partial charge is 0.476 e. The number of amides is 4. The monoisotopic (exact) mass is 1480 g/mol. The first-order valence-corrected chi connectivity index (χ1v) is 32.6. The smallest absolute Gasteiger partial charge is 0.377 e. The molecule has 0 aliphatic carbocycles. The van der Waals surface area contributed by atoms with Gasteiger partial charge in [-0.1, -0.05) is 29.6 Å². The average Bonchev–Trinajstić information content (AvgIpc) is 0.770. The minimum atomic E-state index is -3.13. The molecular weight excluding hydrogens is 1390 g/mol. The van der Waals surface area contributed by atoms with Crippen molar-refractivity contribution in [2.75, 3.05) is 35.8 Å². The number of carboxylic acids is 1. The molecule has 578 valence electrons. The number of anilines is 3. The lowest BCUT2D eigenvalue weighted by molar-refractivity contribution is -0.292. The van der Waals surface area contributed by atoms with Crippen LogP contribution < -0.4 is 35.5 Å². The normalized spacial score (nSPS) is 24.6. The van der Waals surface area contributed by atoms with Crippen molar-refractivity contribution in [3.8, 4) is 41.4 Å². The molecular formula is C71H94F6N4O23. The third-order valence-electron chi connectivity index (χ3n) is 15.8. The van der Waals surface area contributed by atoms with Gasteiger partial charge >= 0.3 is 11.8 Å². The molecule has 3 aromatic carbocycles. The van der Waals surface area contributed by atoms with Crippen LogP contribution in [0, 0.1) is 30.1 Å². The molecule has 0 aromatic heterocycles. The van der Waals surface area contributed by atoms with Crippen LogP contribution in [-0.2, 0) is 38.2 Å². The van der Waals surface area contributed by atoms with E-state index in [-0.39, 0.29) is 59.6 Å². The molecule has 33 heteroatoms. The van der Waals surface area contributed by atoms with E-state index in [0.29, 0.717) is 38.5 Å². The first kappa shape index (κ1) is 90.0. The van der Waals surface area contributed by atoms with Crippen LogP contribution in [0.25, 0.3) is 0 Å². The molecule has 16 N–H and O–H groups in total. The molecule has 104 heavy (non-hydrogen) atoms. The topological polar surface area (TPSA) is 432 Å². The van der Waals surface area contributed by atoms with Gasteiger partial charge in [0.05, 0.1) is 55.1 Å². The van der Waals surface area contributed by atoms with Gasteiger partial charge in [-0.2, -0.15) is 0 Å². The minimum absolute atomic E-state index is 0.0416. The fourth-order valence-electron chi connectivity index (χ4n) is 10.3. The lowest BCUT2D eigenvalue weighted by Crippen LogP contribution is -2.65. The maximum Gasteiger partial charge on any atom is 0.377 e. The van der Waals surface area contributed by atoms with Crippen molar-refractivity contribution >= 4 is 46.7 Å². The molecule has 6 unspecified atom stereocenters. The number of terminal acetylenes is 1. The van der Waals surface area contributed by atoms with Gasteiger partial charge in [0.25, 0.3) is 19.3 Å². The SMILES string of the molecule is C#CC#CC.C=C(C)CCCC(=O)Nc1ccc(O[C@@H]2OC(CO)[C@@H](O)[C@H](O)C2NC(C)=O)c(C(F)F)c1.C=C(C)CCCC(=O)Nc1ccc(O[C@@H]2OC(CO)[C@H](O)[C@H](O)C2O)c(C(F)F)c1.C=C(C)CCCC(=O)Nc1ccc(O[C@]2(C(=O)O)CC(O)[C@@H](C)C([C@H](O)[C@H](O)CO)O2)c(C(F)F)c1. The maximum absolute atomic E-state index is 13.9. The minimum Gasteiger partial charge on any atom is -0.476 e. The Labute approximate surface area is 597 Å². The summed E-state index contributed by atoms with van der Waals surface area (Å²) in [5.74, 6) is -1.16. The van der Waals surface area contributed by atoms with Crippen molar-refractivity contribution in [3.05, 3.63) is 108 Å². The summed E-state index contributed by atoms with van der Waals surface area (Å²) in [6, 6.07) is 9.12. The second-order valence-corrected chi connectivity index (χ2v) is 24.7. The molecule has 0 spiro atoms. The number of alkyl halides is 6. The zero-order chi connectivity index (χ0) is 78.5. The van der Waals surface area contributed by atoms with E-state index in [2.05, 4.69) is 58.8 Å². The summed E-state index contributed by atoms with van der Waals surface area (Å²) in [6.45, 7) is 18.8. The summed E-state index contributed by atoms with van der Waals surface area (Å²) >= 11 is 0. The number of rotatable bonds is 31. The molecule has 27 nitrogen and oxygen atoms in total. The van der Waals surface area contributed by atoms with Crippen molar-refractivity contribution in [3.63, 3.8) is 0 Å². The summed E-state index contributed by atoms with van der Waals surface area (Å²) in [5.41, 5.74) is 1.26. The molecule has 3 aliphatic rings. The van der Waals surface area contributed by atoms with Gasteiger partial charge in [0.2, 0.25) is 36.2 Å². The lowest BCUT2D eigenvalue weighted by atomic mass is 9.84. The second kappa shape index (κ2) is 43.9. The highest BCUT2D eigenvalue weighted by atomic mass is 19.3. The molecule has 0 bridgehead atoms. The number of ether oxygens (including phenoxy) is 6. The molecule has 6 rings (SSSR count). The molecule has 0 saturated carbocycles. The van der Waals surface area contributed by atoms with Crippen molar-refractivity contribution in [1.29, 1.82) is 0 Å². The van der Waals surface area contributed by atoms with Gasteiger partial charge in [0, 0.05) is 49.2 Å². The number of halogens is 6. The fourth-order valence-corrected chi connectivity index (χ4v) is 10.3. The number of nitrogens with one attached hydrogen (secondary N) is 4. The Bertz CT molecular complexity index is 3440. The highest BCUT2D eigenvalue weighted by Crippen LogP contribution is 2.42. The van der Waals surface area contributed by atoms with Gasteiger partial charge in [-0.05, 0) is 133 Å². The maximum atomic E-state index is 13.9. The molecule has 4 amide bonds. The molecule has 3 heterocycles. The van der Waals surface area contributed by atoms with Crippen molar-refractivity contribution < 1.29 is 140 Å². The Morgan fingerprint density at radius 1 is 0.606 bits per heavy atom. The van der Waals surface area contributed by atoms with Crippen LogP contribution in [0.1, 0.15) is 142 Å². The van der Waals surface area contributed by atoms with E-state index in [1.807, 2.05) is 20.8 Å². The molecule has 16 atom stereocenters. The number of carbonyl (C=O) groups excluding carboxylic acids is 4. The first-order valence-electron chi connectivity index (χ1n) is 32.6. The van der Waals surface area contributed by atoms with Gasteiger partial charge < -0.3 is 111 Å². The predicted molar refractivity (Wildman–Crippen MR) is 364 cm³/mol. The van der Waals surface area contributed by atoms with Crippen LogP contribution in [-0.4, -0.2) is 202 Å². The third kappa shape index (κ3) is 28.0. The van der Waals surface area contributed by atoms with Crippen LogP contribution >= 0.6 is 0 Å². The van der Waals surface area contributed by atoms with E-state index < -0.39 is 183 Å². The van der Waals surface area contributed by atoms with Crippen LogP contribution in [0.4, 0.5) is 43.4 Å². The highest BCUT2D eigenvalue weighted by molar-refractivity contribution is 5.92. The predicted octanol–water partition coefficient (Wildman–Crippen LogP) is 5.73. The van der Waals surface area contributed by atoms with E-state index in [9.17, 15) is 106 Å². The van der Waals surface area contributed by atoms with Crippen LogP contribution in [0.15, 0.2) is 91.1 Å². The van der Waals surface area contributed by atoms with Gasteiger partial charge in [-0.3, -0.25) is 19.2 Å². The Morgan fingerprint density at radius 3 is 1.36 bits per heavy atom. The zero-order valence-corrected chi connectivity index (χ0v) is 58.1. The summed E-state index contributed by atoms with van der Waals surface area (Å²) in [7, 11) is 0. The quantitative estimate of drug-likeness (QED) is 0.0208. The second-order valence-electron chi connectivity index (χ2n) is 24.7. The number of hydrogen-bond acceptors (Lipinski definition) is 22. The van der Waals surface area contributed by atoms with Crippen LogP contribution in [0.2, 0.25) is 0 Å². The van der Waals surface area contributed by atoms with Crippen molar-refractivity contribution in [2.45, 2.75) is 217 Å². The van der Waals surface area contributed by atoms with E-state index in [1.165, 1.54) is 37.3 Å². The van der Waals surface area contributed by atoms with E-state index in [0.717, 1.165) is 47.9 Å². The first-order chi connectivity index (χ1) is 48.9. The summed E-state index contributed by atoms with van der Waals surface area (Å²) in [6.07, 6.45) is -21.0. The lowest BCUT2D eigenvalue weighted by Gasteiger charge is -2.45. The fraction of sp³-hybridized carbons (Fsp3) is 0.535. The molecule has 3 aromatic rings. The van der Waals surface area contributed by atoms with Crippen molar-refractivity contribution in [1.82, 2.24) is 5.32 Å². The summed E-state index contributed by atoms with van der Waals surface area (Å²) in [4.78, 5) is 59.8. The van der Waals surface area contributed by atoms with Crippen molar-refractivity contribution in [2.24, 2.45) is 5.92 Å². The molecule has 3 saturated heterocycles. The third-order valence-corrected chi connectivity index (χ3v) is 15.8. The van der Waals surface area contributed by atoms with Gasteiger partial charge in [0.15, 0.2) is 0 Å². The van der Waals surface area contributed by atoms with Crippen LogP contribution in [0.5, 0.6) is 17.2 Å². The van der Waals surface area contributed by atoms with Gasteiger partial charge in [-0.25, -0.2) is 31.1 Å². The Morgan fingerprint density at radius 2 is 1.00 bits per heavy atom. The number of aliphatic hydroxyl groups is 11. The number of benzene rings is 3. The number of hydrogen-bond donors (Lipinski definition) is 16. The number of carboxylic acid groups (broad SMARTS) is 1. The summed E-state index contributed by atoms with van der Waals surface area (Å²) in [5, 5.41) is 128. The zero-order valence-electron chi connectivity index (χ0n) is 58.1. The average molecular weight is 1490 g/mol. The van der Waals surface area contributed by atoms with Gasteiger partial charge in [-0.15, -0.1) is 26.2 Å². The Kier molecular flexibility index (Phi) is 38.0. The Hall–Kier alpha value is -8.23. The van der Waals surface area contributed by atoms with Crippen LogP contribution in [0.3, 0.4) is 0 Å². The van der Waals surface area contributed by atoms with E-state index >= 15 is 0 Å². The highest BCUT2D eigenvalue weighted by Gasteiger charge is 2.56. The molecule has 3 aliphatic heterocycles. The molecule has 0 radical (unpaired) electrons. The van der Waals surface area contributed by atoms with E-state index in [1.54, 1.807) is 6.92 Å². The number of aliphatic hydroxyl groups excluding tert-OH is 11. The summed E-state index contributed by atoms with van der Waals surface area (Å²) < 4.78 is 115. The number of aliphatic carboxylic acids is 1. The standard InChI is InChI=1S/C24H33F2NO9.C22H30F2N2O7.C20H27F2NO7.C5H4/c1-12(2)5-4-6-19(31)27-14-7-8-18(15(9-14)22(25)26)35-24(23(33)34)10-16(29)13(3)21(36-24)20(32)17(30)11-28;1-11(2)5-4-6-17(29)26-13-7-8-15(14(9-13)21(23)24)32-22-18(25-12(3)28)20(31)19(30)16(10-27)33-22;1-10(2)4-3-5-15(25)23-11-6-7-13(12(8-11)19(21)22)29-20-18(28)17(27)16(26)14(9-24)30-20;1-3-5-4-2/h7-9,13,16-17,20-22,28-30,32H,1,4-6,10-11H2,2-3H3,(H,27,31)(H,33,34);7-9,16,18-22,27,30-31H,1,4-6,10H2,2-3H3,(H,25,28)(H,26,29);6-8,14,16-20,24,26-28H,1,3-5,9H2,2H3,(H,23,25);1H,2H3/t13-,16?,17-,20-,21?,24-;16?,18?,19-,20-,22-;14?,16-,17-,18?,20+;/m110./s1. The number of carbonyl (C=O) groups is 5. The Balaban J connectivity index is 0.000000393. The van der Waals surface area contributed by atoms with Gasteiger partial charge in [0.1, 0.15) is 78.2 Å².